The van der Waals surface area contributed by atoms with Crippen LogP contribution in [0, 0.1) is 5.92 Å². The first-order valence-electron chi connectivity index (χ1n) is 5.60. The molecule has 1 saturated heterocycles. The van der Waals surface area contributed by atoms with Gasteiger partial charge >= 0.3 is 0 Å². The topological polar surface area (TPSA) is 49.8 Å². The zero-order valence-corrected chi connectivity index (χ0v) is 9.61. The second-order valence-electron chi connectivity index (χ2n) is 4.27. The highest BCUT2D eigenvalue weighted by atomic mass is 16.5. The summed E-state index contributed by atoms with van der Waals surface area (Å²) in [6, 6.07) is 0. The van der Waals surface area contributed by atoms with Crippen LogP contribution in [0.15, 0.2) is 0 Å². The normalized spacial score (nSPS) is 26.7. The first-order valence-corrected chi connectivity index (χ1v) is 5.60. The molecule has 1 rings (SSSR count). The van der Waals surface area contributed by atoms with Crippen molar-refractivity contribution in [3.05, 3.63) is 0 Å². The Bertz CT molecular complexity index is 208. The molecule has 0 aromatic heterocycles. The van der Waals surface area contributed by atoms with Crippen LogP contribution in [0.25, 0.3) is 0 Å². The third-order valence-corrected chi connectivity index (χ3v) is 3.01. The molecule has 1 heterocycles. The molecule has 1 aliphatic rings. The lowest BCUT2D eigenvalue weighted by Gasteiger charge is -2.34. The van der Waals surface area contributed by atoms with E-state index in [4.69, 9.17) is 4.74 Å². The summed E-state index contributed by atoms with van der Waals surface area (Å²) in [5.74, 6) is 0.450. The lowest BCUT2D eigenvalue weighted by atomic mass is 9.96. The quantitative estimate of drug-likeness (QED) is 0.700. The van der Waals surface area contributed by atoms with Crippen LogP contribution in [0.1, 0.15) is 26.2 Å². The molecular formula is C11H21NO3. The largest absolute Gasteiger partial charge is 0.391 e. The van der Waals surface area contributed by atoms with E-state index in [1.54, 1.807) is 12.0 Å². The fourth-order valence-electron chi connectivity index (χ4n) is 1.80. The number of aliphatic hydroxyl groups is 1. The second kappa shape index (κ2) is 6.08. The number of nitrogens with zero attached hydrogens (tertiary/aromatic N) is 1. The summed E-state index contributed by atoms with van der Waals surface area (Å²) in [4.78, 5) is 13.4. The zero-order valence-electron chi connectivity index (χ0n) is 9.61. The molecule has 0 aromatic carbocycles. The highest BCUT2D eigenvalue weighted by molar-refractivity contribution is 5.76. The van der Waals surface area contributed by atoms with Gasteiger partial charge in [0, 0.05) is 33.2 Å². The van der Waals surface area contributed by atoms with E-state index >= 15 is 0 Å². The van der Waals surface area contributed by atoms with Gasteiger partial charge in [0.05, 0.1) is 6.10 Å². The van der Waals surface area contributed by atoms with Gasteiger partial charge in [-0.25, -0.2) is 0 Å². The van der Waals surface area contributed by atoms with E-state index in [1.165, 1.54) is 0 Å². The number of ether oxygens (including phenoxy) is 1. The lowest BCUT2D eigenvalue weighted by Crippen LogP contribution is -2.45. The fourth-order valence-corrected chi connectivity index (χ4v) is 1.80. The molecule has 0 saturated carbocycles. The van der Waals surface area contributed by atoms with E-state index in [-0.39, 0.29) is 12.0 Å². The number of rotatable bonds is 4. The van der Waals surface area contributed by atoms with Crippen LogP contribution in [0.2, 0.25) is 0 Å². The smallest absolute Gasteiger partial charge is 0.222 e. The maximum atomic E-state index is 11.7. The van der Waals surface area contributed by atoms with Crippen molar-refractivity contribution in [2.24, 2.45) is 5.92 Å². The Labute approximate surface area is 91.2 Å². The molecule has 1 fully saturated rings. The number of carbonyl (C=O) groups excluding carboxylic acids is 1. The summed E-state index contributed by atoms with van der Waals surface area (Å²) < 4.78 is 4.90. The van der Waals surface area contributed by atoms with Crippen molar-refractivity contribution >= 4 is 5.91 Å². The average molecular weight is 215 g/mol. The van der Waals surface area contributed by atoms with Crippen molar-refractivity contribution in [2.45, 2.75) is 32.3 Å². The van der Waals surface area contributed by atoms with Crippen LogP contribution < -0.4 is 0 Å². The number of amides is 1. The van der Waals surface area contributed by atoms with Gasteiger partial charge in [0.15, 0.2) is 0 Å². The average Bonchev–Trinajstić information content (AvgIpc) is 2.22. The van der Waals surface area contributed by atoms with Crippen LogP contribution in [0.5, 0.6) is 0 Å². The van der Waals surface area contributed by atoms with Crippen molar-refractivity contribution in [3.8, 4) is 0 Å². The molecule has 1 N–H and O–H groups in total. The summed E-state index contributed by atoms with van der Waals surface area (Å²) >= 11 is 0. The number of aliphatic hydroxyl groups excluding tert-OH is 1. The summed E-state index contributed by atoms with van der Waals surface area (Å²) in [6.07, 6.45) is 1.83. The monoisotopic (exact) mass is 215 g/mol. The Hall–Kier alpha value is -0.610. The molecule has 0 aromatic rings. The highest BCUT2D eigenvalue weighted by Crippen LogP contribution is 2.17. The number of piperidine rings is 1. The molecule has 0 aliphatic carbocycles. The first-order chi connectivity index (χ1) is 7.15. The molecule has 15 heavy (non-hydrogen) atoms. The van der Waals surface area contributed by atoms with Crippen molar-refractivity contribution in [3.63, 3.8) is 0 Å². The van der Waals surface area contributed by atoms with Crippen molar-refractivity contribution in [1.29, 1.82) is 0 Å². The number of methoxy groups -OCH3 is 1. The molecule has 1 amide bonds. The van der Waals surface area contributed by atoms with Gasteiger partial charge in [-0.1, -0.05) is 6.92 Å². The minimum atomic E-state index is -0.356. The van der Waals surface area contributed by atoms with E-state index in [9.17, 15) is 9.90 Å². The summed E-state index contributed by atoms with van der Waals surface area (Å²) in [7, 11) is 1.64. The maximum absolute atomic E-state index is 11.7. The molecule has 0 spiro atoms. The molecular weight excluding hydrogens is 194 g/mol. The van der Waals surface area contributed by atoms with Gasteiger partial charge in [0.25, 0.3) is 0 Å². The Morgan fingerprint density at radius 3 is 2.93 bits per heavy atom. The second-order valence-corrected chi connectivity index (χ2v) is 4.27. The zero-order chi connectivity index (χ0) is 11.3. The summed E-state index contributed by atoms with van der Waals surface area (Å²) in [5.41, 5.74) is 0. The summed E-state index contributed by atoms with van der Waals surface area (Å²) in [6.45, 7) is 3.92. The van der Waals surface area contributed by atoms with E-state index < -0.39 is 0 Å². The third kappa shape index (κ3) is 3.80. The third-order valence-electron chi connectivity index (χ3n) is 3.01. The van der Waals surface area contributed by atoms with Gasteiger partial charge in [0.2, 0.25) is 5.91 Å². The lowest BCUT2D eigenvalue weighted by molar-refractivity contribution is -0.135. The van der Waals surface area contributed by atoms with Gasteiger partial charge in [-0.15, -0.1) is 0 Å². The molecule has 0 bridgehead atoms. The van der Waals surface area contributed by atoms with E-state index in [2.05, 4.69) is 0 Å². The van der Waals surface area contributed by atoms with Crippen LogP contribution in [0.4, 0.5) is 0 Å². The molecule has 2 unspecified atom stereocenters. The fraction of sp³-hybridized carbons (Fsp3) is 0.909. The van der Waals surface area contributed by atoms with Crippen molar-refractivity contribution < 1.29 is 14.6 Å². The SMILES string of the molecule is COCCCC(=O)N1CCC(C)C(O)C1. The Balaban J connectivity index is 2.28. The maximum Gasteiger partial charge on any atom is 0.222 e. The molecule has 1 aliphatic heterocycles. The van der Waals surface area contributed by atoms with Crippen LogP contribution in [-0.2, 0) is 9.53 Å². The van der Waals surface area contributed by atoms with Gasteiger partial charge < -0.3 is 14.7 Å². The standard InChI is InChI=1S/C11H21NO3/c1-9-5-6-12(8-10(9)13)11(14)4-3-7-15-2/h9-10,13H,3-8H2,1-2H3. The number of β-amino-alcohol motifs (C(OH)–C–C–N with tert-alkyl or cyclic N) is 1. The summed E-state index contributed by atoms with van der Waals surface area (Å²) in [5, 5.41) is 9.65. The highest BCUT2D eigenvalue weighted by Gasteiger charge is 2.26. The van der Waals surface area contributed by atoms with Gasteiger partial charge in [0.1, 0.15) is 0 Å². The van der Waals surface area contributed by atoms with Crippen molar-refractivity contribution in [2.75, 3.05) is 26.8 Å². The molecule has 88 valence electrons. The molecule has 4 nitrogen and oxygen atoms in total. The first kappa shape index (κ1) is 12.5. The predicted octanol–water partition coefficient (Wildman–Crippen LogP) is 0.642. The van der Waals surface area contributed by atoms with Gasteiger partial charge in [-0.2, -0.15) is 0 Å². The van der Waals surface area contributed by atoms with Gasteiger partial charge in [-0.3, -0.25) is 4.79 Å². The molecule has 0 radical (unpaired) electrons. The molecule has 2 atom stereocenters. The minimum absolute atomic E-state index is 0.137. The Morgan fingerprint density at radius 1 is 1.60 bits per heavy atom. The minimum Gasteiger partial charge on any atom is -0.391 e. The van der Waals surface area contributed by atoms with Crippen LogP contribution >= 0.6 is 0 Å². The van der Waals surface area contributed by atoms with Crippen LogP contribution in [0.3, 0.4) is 0 Å². The Morgan fingerprint density at radius 2 is 2.33 bits per heavy atom. The number of likely N-dealkylation sites (tertiary alicyclic amines) is 1. The van der Waals surface area contributed by atoms with E-state index in [0.717, 1.165) is 19.4 Å². The van der Waals surface area contributed by atoms with E-state index in [1.807, 2.05) is 6.92 Å². The number of hydrogen-bond donors (Lipinski definition) is 1. The van der Waals surface area contributed by atoms with Crippen LogP contribution in [-0.4, -0.2) is 48.8 Å². The van der Waals surface area contributed by atoms with Crippen molar-refractivity contribution in [1.82, 2.24) is 4.90 Å². The molecule has 4 heteroatoms. The predicted molar refractivity (Wildman–Crippen MR) is 57.5 cm³/mol. The number of carbonyl (C=O) groups is 1. The Kier molecular flexibility index (Phi) is 5.05. The van der Waals surface area contributed by atoms with Gasteiger partial charge in [-0.05, 0) is 18.8 Å². The van der Waals surface area contributed by atoms with E-state index in [0.29, 0.717) is 25.5 Å². The number of hydrogen-bond acceptors (Lipinski definition) is 3.